The number of likely N-dealkylation sites (N-methyl/N-ethyl adjacent to an activating group) is 1. The summed E-state index contributed by atoms with van der Waals surface area (Å²) in [5.41, 5.74) is 1.39. The molecule has 0 aliphatic heterocycles. The third-order valence-corrected chi connectivity index (χ3v) is 5.16. The molecule has 0 heterocycles. The summed E-state index contributed by atoms with van der Waals surface area (Å²) in [5.74, 6) is 0. The van der Waals surface area contributed by atoms with Gasteiger partial charge in [0.2, 0.25) is 0 Å². The smallest absolute Gasteiger partial charge is 0.0775 e. The van der Waals surface area contributed by atoms with Crippen molar-refractivity contribution < 1.29 is 4.74 Å². The molecule has 0 spiro atoms. The van der Waals surface area contributed by atoms with Crippen molar-refractivity contribution in [3.8, 4) is 0 Å². The standard InChI is InChI=1S/C15H27NOSi/c1-6-17-12-11-16(2)13-14-7-9-15(10-8-14)18(3,4)5/h7-10H,6,11-13H2,1-5H3. The van der Waals surface area contributed by atoms with E-state index in [1.165, 1.54) is 10.8 Å². The third-order valence-electron chi connectivity index (χ3n) is 3.09. The summed E-state index contributed by atoms with van der Waals surface area (Å²) in [6.45, 7) is 12.8. The summed E-state index contributed by atoms with van der Waals surface area (Å²) in [5, 5.41) is 1.53. The predicted octanol–water partition coefficient (Wildman–Crippen LogP) is 2.70. The van der Waals surface area contributed by atoms with Crippen LogP contribution in [0.15, 0.2) is 24.3 Å². The van der Waals surface area contributed by atoms with E-state index >= 15 is 0 Å². The van der Waals surface area contributed by atoms with Gasteiger partial charge in [0.05, 0.1) is 14.7 Å². The second-order valence-corrected chi connectivity index (χ2v) is 11.0. The second-order valence-electron chi connectivity index (χ2n) is 5.88. The molecular weight excluding hydrogens is 238 g/mol. The molecule has 0 unspecified atom stereocenters. The monoisotopic (exact) mass is 265 g/mol. The number of hydrogen-bond acceptors (Lipinski definition) is 2. The van der Waals surface area contributed by atoms with Gasteiger partial charge in [0.15, 0.2) is 0 Å². The highest BCUT2D eigenvalue weighted by molar-refractivity contribution is 6.88. The van der Waals surface area contributed by atoms with Gasteiger partial charge < -0.3 is 4.74 Å². The minimum atomic E-state index is -1.16. The topological polar surface area (TPSA) is 12.5 Å². The first kappa shape index (κ1) is 15.4. The maximum atomic E-state index is 5.37. The molecule has 0 fully saturated rings. The van der Waals surface area contributed by atoms with E-state index in [1.807, 2.05) is 6.92 Å². The van der Waals surface area contributed by atoms with Crippen LogP contribution < -0.4 is 5.19 Å². The maximum Gasteiger partial charge on any atom is 0.0775 e. The fraction of sp³-hybridized carbons (Fsp3) is 0.600. The van der Waals surface area contributed by atoms with Crippen molar-refractivity contribution in [2.24, 2.45) is 0 Å². The molecule has 1 aromatic rings. The van der Waals surface area contributed by atoms with Gasteiger partial charge in [0.1, 0.15) is 0 Å². The fourth-order valence-corrected chi connectivity index (χ4v) is 3.03. The number of ether oxygens (including phenoxy) is 1. The van der Waals surface area contributed by atoms with Gasteiger partial charge in [-0.3, -0.25) is 4.90 Å². The van der Waals surface area contributed by atoms with Gasteiger partial charge in [-0.25, -0.2) is 0 Å². The molecule has 102 valence electrons. The Morgan fingerprint density at radius 2 is 1.72 bits per heavy atom. The molecule has 0 aliphatic carbocycles. The van der Waals surface area contributed by atoms with Crippen molar-refractivity contribution in [2.45, 2.75) is 33.1 Å². The number of hydrogen-bond donors (Lipinski definition) is 0. The lowest BCUT2D eigenvalue weighted by molar-refractivity contribution is 0.120. The van der Waals surface area contributed by atoms with Crippen LogP contribution in [0.2, 0.25) is 19.6 Å². The quantitative estimate of drug-likeness (QED) is 0.555. The largest absolute Gasteiger partial charge is 0.380 e. The molecule has 0 bridgehead atoms. The van der Waals surface area contributed by atoms with E-state index in [0.717, 1.165) is 26.3 Å². The van der Waals surface area contributed by atoms with E-state index in [2.05, 4.69) is 55.9 Å². The first-order valence-corrected chi connectivity index (χ1v) is 10.3. The van der Waals surface area contributed by atoms with Crippen LogP contribution in [0.5, 0.6) is 0 Å². The first-order chi connectivity index (χ1) is 8.43. The van der Waals surface area contributed by atoms with Gasteiger partial charge in [-0.1, -0.05) is 49.1 Å². The zero-order chi connectivity index (χ0) is 13.6. The molecule has 0 atom stereocenters. The zero-order valence-electron chi connectivity index (χ0n) is 12.5. The lowest BCUT2D eigenvalue weighted by Gasteiger charge is -2.19. The molecule has 18 heavy (non-hydrogen) atoms. The van der Waals surface area contributed by atoms with Crippen LogP contribution in [-0.4, -0.2) is 39.8 Å². The summed E-state index contributed by atoms with van der Waals surface area (Å²) in [4.78, 5) is 2.30. The molecule has 0 amide bonds. The lowest BCUT2D eigenvalue weighted by Crippen LogP contribution is -2.37. The maximum absolute atomic E-state index is 5.37. The van der Waals surface area contributed by atoms with Crippen LogP contribution in [0, 0.1) is 0 Å². The lowest BCUT2D eigenvalue weighted by atomic mass is 10.2. The van der Waals surface area contributed by atoms with Crippen LogP contribution in [0.3, 0.4) is 0 Å². The highest BCUT2D eigenvalue weighted by Gasteiger charge is 2.15. The predicted molar refractivity (Wildman–Crippen MR) is 82.2 cm³/mol. The molecule has 0 aromatic heterocycles. The van der Waals surface area contributed by atoms with Gasteiger partial charge in [0, 0.05) is 19.7 Å². The Kier molecular flexibility index (Phi) is 6.06. The van der Waals surface area contributed by atoms with E-state index in [0.29, 0.717) is 0 Å². The fourth-order valence-electron chi connectivity index (χ4n) is 1.87. The van der Waals surface area contributed by atoms with Crippen molar-refractivity contribution in [3.63, 3.8) is 0 Å². The summed E-state index contributed by atoms with van der Waals surface area (Å²) in [6, 6.07) is 9.14. The van der Waals surface area contributed by atoms with E-state index in [9.17, 15) is 0 Å². The van der Waals surface area contributed by atoms with E-state index in [4.69, 9.17) is 4.74 Å². The van der Waals surface area contributed by atoms with Crippen LogP contribution in [0.1, 0.15) is 12.5 Å². The van der Waals surface area contributed by atoms with Crippen LogP contribution in [0.25, 0.3) is 0 Å². The highest BCUT2D eigenvalue weighted by Crippen LogP contribution is 2.06. The molecular formula is C15H27NOSi. The van der Waals surface area contributed by atoms with E-state index in [-0.39, 0.29) is 0 Å². The van der Waals surface area contributed by atoms with Crippen molar-refractivity contribution in [2.75, 3.05) is 26.8 Å². The summed E-state index contributed by atoms with van der Waals surface area (Å²) in [7, 11) is 0.989. The minimum Gasteiger partial charge on any atom is -0.380 e. The molecule has 1 aromatic carbocycles. The van der Waals surface area contributed by atoms with Gasteiger partial charge >= 0.3 is 0 Å². The Bertz CT molecular complexity index is 343. The van der Waals surface area contributed by atoms with Crippen molar-refractivity contribution in [3.05, 3.63) is 29.8 Å². The van der Waals surface area contributed by atoms with Gasteiger partial charge in [-0.2, -0.15) is 0 Å². The molecule has 3 heteroatoms. The average Bonchev–Trinajstić information content (AvgIpc) is 2.29. The number of rotatable bonds is 7. The average molecular weight is 265 g/mol. The van der Waals surface area contributed by atoms with Crippen molar-refractivity contribution >= 4 is 13.3 Å². The highest BCUT2D eigenvalue weighted by atomic mass is 28.3. The van der Waals surface area contributed by atoms with Crippen LogP contribution >= 0.6 is 0 Å². The summed E-state index contributed by atoms with van der Waals surface area (Å²) in [6.07, 6.45) is 0. The Labute approximate surface area is 113 Å². The normalized spacial score (nSPS) is 12.1. The van der Waals surface area contributed by atoms with E-state index < -0.39 is 8.07 Å². The Morgan fingerprint density at radius 1 is 1.11 bits per heavy atom. The van der Waals surface area contributed by atoms with Crippen molar-refractivity contribution in [1.29, 1.82) is 0 Å². The molecule has 0 aliphatic rings. The zero-order valence-corrected chi connectivity index (χ0v) is 13.5. The SMILES string of the molecule is CCOCCN(C)Cc1ccc([Si](C)(C)C)cc1. The van der Waals surface area contributed by atoms with Gasteiger partial charge in [-0.05, 0) is 19.5 Å². The number of nitrogens with zero attached hydrogens (tertiary/aromatic N) is 1. The second kappa shape index (κ2) is 7.07. The molecule has 2 nitrogen and oxygen atoms in total. The molecule has 1 rings (SSSR count). The first-order valence-electron chi connectivity index (χ1n) is 6.79. The van der Waals surface area contributed by atoms with E-state index in [1.54, 1.807) is 0 Å². The third kappa shape index (κ3) is 5.34. The molecule has 0 N–H and O–H groups in total. The number of benzene rings is 1. The molecule has 0 saturated heterocycles. The van der Waals surface area contributed by atoms with Crippen LogP contribution in [-0.2, 0) is 11.3 Å². The van der Waals surface area contributed by atoms with Crippen LogP contribution in [0.4, 0.5) is 0 Å². The van der Waals surface area contributed by atoms with Gasteiger partial charge in [0.25, 0.3) is 0 Å². The molecule has 0 radical (unpaired) electrons. The molecule has 0 saturated carbocycles. The Balaban J connectivity index is 2.48. The minimum absolute atomic E-state index is 0.804. The van der Waals surface area contributed by atoms with Crippen molar-refractivity contribution in [1.82, 2.24) is 4.90 Å². The Hall–Kier alpha value is -0.643. The van der Waals surface area contributed by atoms with Gasteiger partial charge in [-0.15, -0.1) is 0 Å². The summed E-state index contributed by atoms with van der Waals surface area (Å²) < 4.78 is 5.37. The Morgan fingerprint density at radius 3 is 2.22 bits per heavy atom. The summed E-state index contributed by atoms with van der Waals surface area (Å²) >= 11 is 0.